The number of pyridine rings is 2. The molecule has 1 amide bonds. The summed E-state index contributed by atoms with van der Waals surface area (Å²) in [4.78, 5) is 20.1. The fourth-order valence-corrected chi connectivity index (χ4v) is 3.43. The molecule has 2 heterocycles. The van der Waals surface area contributed by atoms with Gasteiger partial charge in [0.25, 0.3) is 5.91 Å². The maximum absolute atomic E-state index is 12.1. The lowest BCUT2D eigenvalue weighted by molar-refractivity contribution is 0.0581. The summed E-state index contributed by atoms with van der Waals surface area (Å²) in [5.74, 6) is -0.133. The Hall–Kier alpha value is -3.83. The van der Waals surface area contributed by atoms with E-state index < -0.39 is 5.60 Å². The van der Waals surface area contributed by atoms with E-state index in [1.165, 1.54) is 0 Å². The Morgan fingerprint density at radius 1 is 0.774 bits per heavy atom. The molecule has 0 aliphatic carbocycles. The average Bonchev–Trinajstić information content (AvgIpc) is 2.87. The van der Waals surface area contributed by atoms with Crippen LogP contribution in [-0.4, -0.2) is 30.0 Å². The van der Waals surface area contributed by atoms with E-state index in [9.17, 15) is 4.79 Å². The molecule has 0 bridgehead atoms. The molecule has 2 aromatic carbocycles. The van der Waals surface area contributed by atoms with Crippen LogP contribution in [0.5, 0.6) is 0 Å². The van der Waals surface area contributed by atoms with Gasteiger partial charge in [-0.15, -0.1) is 0 Å². The highest BCUT2D eigenvalue weighted by molar-refractivity contribution is 5.94. The van der Waals surface area contributed by atoms with E-state index in [1.54, 1.807) is 45.0 Å². The molecular formula is C26H25N3O2. The molecule has 0 aliphatic heterocycles. The van der Waals surface area contributed by atoms with Crippen molar-refractivity contribution < 1.29 is 9.53 Å². The fourth-order valence-electron chi connectivity index (χ4n) is 3.43. The molecule has 2 aromatic heterocycles. The van der Waals surface area contributed by atoms with Crippen LogP contribution < -0.4 is 5.32 Å². The Morgan fingerprint density at radius 2 is 1.42 bits per heavy atom. The molecule has 0 saturated heterocycles. The summed E-state index contributed by atoms with van der Waals surface area (Å²) in [6, 6.07) is 27.0. The zero-order valence-corrected chi connectivity index (χ0v) is 17.6. The number of nitrogens with one attached hydrogen (secondary N) is 1. The number of carbonyl (C=O) groups excluding carboxylic acids is 1. The van der Waals surface area contributed by atoms with Crippen molar-refractivity contribution in [1.82, 2.24) is 15.3 Å². The number of ether oxygens (including phenoxy) is 1. The number of hydrogen-bond acceptors (Lipinski definition) is 4. The van der Waals surface area contributed by atoms with Crippen LogP contribution in [0.3, 0.4) is 0 Å². The maximum Gasteiger partial charge on any atom is 0.251 e. The summed E-state index contributed by atoms with van der Waals surface area (Å²) in [6.45, 7) is 0. The molecule has 0 spiro atoms. The smallest absolute Gasteiger partial charge is 0.251 e. The first-order valence-electron chi connectivity index (χ1n) is 9.91. The van der Waals surface area contributed by atoms with Gasteiger partial charge < -0.3 is 10.1 Å². The van der Waals surface area contributed by atoms with Crippen LogP contribution in [0.4, 0.5) is 0 Å². The molecule has 156 valence electrons. The van der Waals surface area contributed by atoms with Gasteiger partial charge in [-0.1, -0.05) is 54.6 Å². The van der Waals surface area contributed by atoms with Gasteiger partial charge in [0.1, 0.15) is 5.60 Å². The highest BCUT2D eigenvalue weighted by Gasteiger charge is 2.37. The van der Waals surface area contributed by atoms with Crippen LogP contribution >= 0.6 is 0 Å². The zero-order valence-electron chi connectivity index (χ0n) is 17.6. The minimum absolute atomic E-state index is 0.133. The normalized spacial score (nSPS) is 12.1. The van der Waals surface area contributed by atoms with Gasteiger partial charge in [0.05, 0.1) is 0 Å². The van der Waals surface area contributed by atoms with Crippen LogP contribution in [0.2, 0.25) is 0 Å². The summed E-state index contributed by atoms with van der Waals surface area (Å²) in [7, 11) is 3.30. The predicted molar refractivity (Wildman–Crippen MR) is 122 cm³/mol. The van der Waals surface area contributed by atoms with E-state index in [0.717, 1.165) is 16.7 Å². The lowest BCUT2D eigenvalue weighted by Gasteiger charge is -2.34. The summed E-state index contributed by atoms with van der Waals surface area (Å²) in [6.07, 6.45) is 7.03. The van der Waals surface area contributed by atoms with E-state index in [1.807, 2.05) is 78.9 Å². The number of rotatable bonds is 5. The van der Waals surface area contributed by atoms with E-state index in [-0.39, 0.29) is 5.91 Å². The molecular weight excluding hydrogens is 386 g/mol. The number of benzene rings is 2. The topological polar surface area (TPSA) is 64.1 Å². The van der Waals surface area contributed by atoms with Gasteiger partial charge in [0, 0.05) is 50.1 Å². The fraction of sp³-hybridized carbons (Fsp3) is 0.115. The van der Waals surface area contributed by atoms with Crippen molar-refractivity contribution >= 4 is 5.91 Å². The quantitative estimate of drug-likeness (QED) is 0.527. The Bertz CT molecular complexity index is 1010. The second kappa shape index (κ2) is 10.8. The second-order valence-corrected chi connectivity index (χ2v) is 6.68. The van der Waals surface area contributed by atoms with E-state index >= 15 is 0 Å². The van der Waals surface area contributed by atoms with Crippen molar-refractivity contribution in [3.8, 4) is 0 Å². The maximum atomic E-state index is 12.1. The molecule has 0 saturated carbocycles. The molecule has 1 unspecified atom stereocenters. The van der Waals surface area contributed by atoms with Crippen molar-refractivity contribution in [3.63, 3.8) is 0 Å². The molecule has 5 heteroatoms. The molecule has 0 fully saturated rings. The van der Waals surface area contributed by atoms with Gasteiger partial charge in [-0.3, -0.25) is 14.8 Å². The van der Waals surface area contributed by atoms with Gasteiger partial charge >= 0.3 is 0 Å². The minimum atomic E-state index is -0.848. The summed E-state index contributed by atoms with van der Waals surface area (Å²) in [5, 5.41) is 2.67. The number of methoxy groups -OCH3 is 1. The third kappa shape index (κ3) is 5.02. The monoisotopic (exact) mass is 411 g/mol. The van der Waals surface area contributed by atoms with E-state index in [4.69, 9.17) is 4.74 Å². The number of aromatic nitrogens is 2. The third-order valence-corrected chi connectivity index (χ3v) is 4.88. The largest absolute Gasteiger partial charge is 0.364 e. The van der Waals surface area contributed by atoms with Gasteiger partial charge in [-0.25, -0.2) is 0 Å². The van der Waals surface area contributed by atoms with Crippen LogP contribution in [0.1, 0.15) is 27.0 Å². The SMILES string of the molecule is CNC(=O)c1cccc(C(OC)(c2ccccc2)c2cccnc2)c1.c1ccncc1. The number of hydrogen-bond donors (Lipinski definition) is 1. The van der Waals surface area contributed by atoms with Gasteiger partial charge in [-0.2, -0.15) is 0 Å². The van der Waals surface area contributed by atoms with E-state index in [2.05, 4.69) is 15.3 Å². The number of nitrogens with zero attached hydrogens (tertiary/aromatic N) is 2. The van der Waals surface area contributed by atoms with Crippen LogP contribution in [0.15, 0.2) is 110 Å². The highest BCUT2D eigenvalue weighted by Crippen LogP contribution is 2.39. The molecule has 0 radical (unpaired) electrons. The molecule has 0 aliphatic rings. The molecule has 4 rings (SSSR count). The zero-order chi connectivity index (χ0) is 21.9. The van der Waals surface area contributed by atoms with E-state index in [0.29, 0.717) is 5.56 Å². The minimum Gasteiger partial charge on any atom is -0.364 e. The lowest BCUT2D eigenvalue weighted by atomic mass is 9.80. The summed E-state index contributed by atoms with van der Waals surface area (Å²) >= 11 is 0. The number of amides is 1. The summed E-state index contributed by atoms with van der Waals surface area (Å²) < 4.78 is 6.09. The van der Waals surface area contributed by atoms with Gasteiger partial charge in [0.2, 0.25) is 0 Å². The van der Waals surface area contributed by atoms with Gasteiger partial charge in [-0.05, 0) is 41.5 Å². The van der Waals surface area contributed by atoms with Crippen LogP contribution in [0.25, 0.3) is 0 Å². The van der Waals surface area contributed by atoms with Crippen molar-refractivity contribution in [2.45, 2.75) is 5.60 Å². The Kier molecular flexibility index (Phi) is 7.62. The molecule has 4 aromatic rings. The van der Waals surface area contributed by atoms with Crippen molar-refractivity contribution in [3.05, 3.63) is 132 Å². The number of carbonyl (C=O) groups is 1. The predicted octanol–water partition coefficient (Wildman–Crippen LogP) is 4.46. The van der Waals surface area contributed by atoms with Crippen LogP contribution in [-0.2, 0) is 10.3 Å². The Balaban J connectivity index is 0.000000391. The first-order valence-corrected chi connectivity index (χ1v) is 9.91. The van der Waals surface area contributed by atoms with Crippen molar-refractivity contribution in [2.24, 2.45) is 0 Å². The highest BCUT2D eigenvalue weighted by atomic mass is 16.5. The standard InChI is InChI=1S/C21H20N2O2.C5H5N/c1-22-20(24)16-8-6-11-18(14-16)21(25-2,17-9-4-3-5-10-17)19-12-7-13-23-15-19;1-2-4-6-5-3-1/h3-15H,1-2H3,(H,22,24);1-5H. The van der Waals surface area contributed by atoms with Crippen molar-refractivity contribution in [1.29, 1.82) is 0 Å². The van der Waals surface area contributed by atoms with Crippen molar-refractivity contribution in [2.75, 3.05) is 14.2 Å². The summed E-state index contributed by atoms with van der Waals surface area (Å²) in [5.41, 5.74) is 2.48. The Labute approximate surface area is 182 Å². The third-order valence-electron chi connectivity index (χ3n) is 4.88. The molecule has 31 heavy (non-hydrogen) atoms. The second-order valence-electron chi connectivity index (χ2n) is 6.68. The first-order chi connectivity index (χ1) is 15.2. The van der Waals surface area contributed by atoms with Gasteiger partial charge in [0.15, 0.2) is 0 Å². The first kappa shape index (κ1) is 21.9. The van der Waals surface area contributed by atoms with Crippen LogP contribution in [0, 0.1) is 0 Å². The molecule has 1 N–H and O–H groups in total. The lowest BCUT2D eigenvalue weighted by Crippen LogP contribution is -2.32. The average molecular weight is 412 g/mol. The molecule has 5 nitrogen and oxygen atoms in total. The Morgan fingerprint density at radius 3 is 1.97 bits per heavy atom. The molecule has 1 atom stereocenters.